The number of anilines is 1. The van der Waals surface area contributed by atoms with Crippen LogP contribution in [0.5, 0.6) is 0 Å². The Hall–Kier alpha value is -1.45. The van der Waals surface area contributed by atoms with Crippen LogP contribution in [0, 0.1) is 0 Å². The molecule has 1 aliphatic heterocycles. The van der Waals surface area contributed by atoms with Crippen LogP contribution in [0.3, 0.4) is 0 Å². The summed E-state index contributed by atoms with van der Waals surface area (Å²) in [6.07, 6.45) is 0. The zero-order chi connectivity index (χ0) is 12.5. The second-order valence-electron chi connectivity index (χ2n) is 4.05. The molecule has 0 radical (unpaired) electrons. The number of rotatable bonds is 1. The molecular weight excluding hydrogens is 266 g/mol. The molecule has 1 N–H and O–H groups in total. The van der Waals surface area contributed by atoms with Crippen molar-refractivity contribution in [3.8, 4) is 11.1 Å². The minimum atomic E-state index is 0.0618. The van der Waals surface area contributed by atoms with E-state index in [-0.39, 0.29) is 5.91 Å². The fourth-order valence-corrected chi connectivity index (χ4v) is 2.87. The molecule has 4 heteroatoms. The number of halogens is 1. The van der Waals surface area contributed by atoms with Crippen LogP contribution in [0.25, 0.3) is 11.1 Å². The normalized spacial score (nSPS) is 13.9. The standard InChI is InChI=1S/C14H10ClNOS/c15-11-4-1-9(2-5-11)10-3-6-12-13(7-10)18-8-14(17)16-12/h1-7H,8H2,(H,16,17). The van der Waals surface area contributed by atoms with Crippen LogP contribution >= 0.6 is 23.4 Å². The number of nitrogens with one attached hydrogen (secondary N) is 1. The van der Waals surface area contributed by atoms with E-state index in [1.165, 1.54) is 0 Å². The van der Waals surface area contributed by atoms with Crippen molar-refractivity contribution >= 4 is 35.0 Å². The molecule has 0 bridgehead atoms. The van der Waals surface area contributed by atoms with Gasteiger partial charge in [-0.1, -0.05) is 29.8 Å². The molecule has 0 saturated carbocycles. The molecule has 3 rings (SSSR count). The van der Waals surface area contributed by atoms with Crippen molar-refractivity contribution in [1.29, 1.82) is 0 Å². The molecule has 0 unspecified atom stereocenters. The fraction of sp³-hybridized carbons (Fsp3) is 0.0714. The van der Waals surface area contributed by atoms with Crippen LogP contribution in [0.2, 0.25) is 5.02 Å². The SMILES string of the molecule is O=C1CSc2cc(-c3ccc(Cl)cc3)ccc2N1. The Labute approximate surface area is 114 Å². The molecule has 0 fully saturated rings. The number of carbonyl (C=O) groups is 1. The van der Waals surface area contributed by atoms with Gasteiger partial charge >= 0.3 is 0 Å². The van der Waals surface area contributed by atoms with Crippen molar-refractivity contribution in [3.05, 3.63) is 47.5 Å². The maximum atomic E-state index is 11.3. The predicted molar refractivity (Wildman–Crippen MR) is 76.2 cm³/mol. The first-order valence-corrected chi connectivity index (χ1v) is 6.91. The number of amides is 1. The van der Waals surface area contributed by atoms with Gasteiger partial charge in [0, 0.05) is 9.92 Å². The van der Waals surface area contributed by atoms with Crippen molar-refractivity contribution in [3.63, 3.8) is 0 Å². The highest BCUT2D eigenvalue weighted by Gasteiger charge is 2.15. The molecule has 0 aromatic heterocycles. The van der Waals surface area contributed by atoms with Crippen LogP contribution in [0.4, 0.5) is 5.69 Å². The first-order valence-electron chi connectivity index (χ1n) is 5.55. The van der Waals surface area contributed by atoms with E-state index < -0.39 is 0 Å². The predicted octanol–water partition coefficient (Wildman–Crippen LogP) is 4.05. The van der Waals surface area contributed by atoms with Gasteiger partial charge in [0.1, 0.15) is 0 Å². The van der Waals surface area contributed by atoms with E-state index in [0.717, 1.165) is 26.7 Å². The summed E-state index contributed by atoms with van der Waals surface area (Å²) in [5.41, 5.74) is 3.16. The second kappa shape index (κ2) is 4.67. The summed E-state index contributed by atoms with van der Waals surface area (Å²) >= 11 is 7.45. The summed E-state index contributed by atoms with van der Waals surface area (Å²) in [5, 5.41) is 3.60. The Morgan fingerprint density at radius 2 is 1.78 bits per heavy atom. The van der Waals surface area contributed by atoms with Crippen molar-refractivity contribution in [2.45, 2.75) is 4.90 Å². The maximum Gasteiger partial charge on any atom is 0.234 e. The molecule has 0 spiro atoms. The molecule has 1 aliphatic rings. The summed E-state index contributed by atoms with van der Waals surface area (Å²) in [6, 6.07) is 13.8. The number of thioether (sulfide) groups is 1. The molecule has 0 atom stereocenters. The van der Waals surface area contributed by atoms with Crippen LogP contribution < -0.4 is 5.32 Å². The Balaban J connectivity index is 1.99. The first kappa shape index (κ1) is 11.6. The Morgan fingerprint density at radius 1 is 1.06 bits per heavy atom. The average Bonchev–Trinajstić information content (AvgIpc) is 2.39. The van der Waals surface area contributed by atoms with Gasteiger partial charge in [-0.05, 0) is 35.4 Å². The number of hydrogen-bond acceptors (Lipinski definition) is 2. The molecule has 1 heterocycles. The molecular formula is C14H10ClNOS. The highest BCUT2D eigenvalue weighted by molar-refractivity contribution is 8.00. The lowest BCUT2D eigenvalue weighted by atomic mass is 10.1. The first-order chi connectivity index (χ1) is 8.72. The number of hydrogen-bond donors (Lipinski definition) is 1. The quantitative estimate of drug-likeness (QED) is 0.851. The summed E-state index contributed by atoms with van der Waals surface area (Å²) in [4.78, 5) is 12.4. The van der Waals surface area contributed by atoms with Crippen molar-refractivity contribution < 1.29 is 4.79 Å². The topological polar surface area (TPSA) is 29.1 Å². The number of benzene rings is 2. The maximum absolute atomic E-state index is 11.3. The van der Waals surface area contributed by atoms with Gasteiger partial charge in [0.2, 0.25) is 5.91 Å². The molecule has 1 amide bonds. The minimum absolute atomic E-state index is 0.0618. The number of fused-ring (bicyclic) bond motifs is 1. The lowest BCUT2D eigenvalue weighted by Gasteiger charge is -2.17. The smallest absolute Gasteiger partial charge is 0.234 e. The van der Waals surface area contributed by atoms with E-state index in [1.807, 2.05) is 36.4 Å². The highest BCUT2D eigenvalue weighted by Crippen LogP contribution is 2.35. The number of carbonyl (C=O) groups excluding carboxylic acids is 1. The van der Waals surface area contributed by atoms with Gasteiger partial charge in [-0.3, -0.25) is 4.79 Å². The molecule has 90 valence electrons. The van der Waals surface area contributed by atoms with Crippen LogP contribution in [-0.2, 0) is 4.79 Å². The van der Waals surface area contributed by atoms with Gasteiger partial charge in [-0.2, -0.15) is 0 Å². The third-order valence-corrected chi connectivity index (χ3v) is 4.10. The van der Waals surface area contributed by atoms with Gasteiger partial charge in [-0.25, -0.2) is 0 Å². The van der Waals surface area contributed by atoms with Crippen LogP contribution in [-0.4, -0.2) is 11.7 Å². The fourth-order valence-electron chi connectivity index (χ4n) is 1.90. The van der Waals surface area contributed by atoms with Crippen LogP contribution in [0.15, 0.2) is 47.4 Å². The van der Waals surface area contributed by atoms with E-state index in [4.69, 9.17) is 11.6 Å². The van der Waals surface area contributed by atoms with Crippen LogP contribution in [0.1, 0.15) is 0 Å². The summed E-state index contributed by atoms with van der Waals surface area (Å²) in [5.74, 6) is 0.545. The van der Waals surface area contributed by atoms with E-state index >= 15 is 0 Å². The average molecular weight is 276 g/mol. The second-order valence-corrected chi connectivity index (χ2v) is 5.51. The van der Waals surface area contributed by atoms with Gasteiger partial charge in [0.15, 0.2) is 0 Å². The van der Waals surface area contributed by atoms with Crippen molar-refractivity contribution in [2.75, 3.05) is 11.1 Å². The Kier molecular flexibility index (Phi) is 3.02. The summed E-state index contributed by atoms with van der Waals surface area (Å²) in [6.45, 7) is 0. The van der Waals surface area contributed by atoms with Gasteiger partial charge < -0.3 is 5.32 Å². The minimum Gasteiger partial charge on any atom is -0.324 e. The molecule has 2 aromatic rings. The van der Waals surface area contributed by atoms with Gasteiger partial charge in [-0.15, -0.1) is 11.8 Å². The van der Waals surface area contributed by atoms with Gasteiger partial charge in [0.05, 0.1) is 11.4 Å². The largest absolute Gasteiger partial charge is 0.324 e. The van der Waals surface area contributed by atoms with E-state index in [2.05, 4.69) is 11.4 Å². The van der Waals surface area contributed by atoms with E-state index in [1.54, 1.807) is 11.8 Å². The zero-order valence-corrected chi connectivity index (χ0v) is 11.0. The Morgan fingerprint density at radius 3 is 2.56 bits per heavy atom. The summed E-state index contributed by atoms with van der Waals surface area (Å²) in [7, 11) is 0. The molecule has 0 aliphatic carbocycles. The Bertz CT molecular complexity index is 610. The summed E-state index contributed by atoms with van der Waals surface area (Å²) < 4.78 is 0. The highest BCUT2D eigenvalue weighted by atomic mass is 35.5. The molecule has 2 nitrogen and oxygen atoms in total. The zero-order valence-electron chi connectivity index (χ0n) is 9.44. The third kappa shape index (κ3) is 2.24. The third-order valence-electron chi connectivity index (χ3n) is 2.79. The monoisotopic (exact) mass is 275 g/mol. The van der Waals surface area contributed by atoms with E-state index in [0.29, 0.717) is 5.75 Å². The van der Waals surface area contributed by atoms with Crippen molar-refractivity contribution in [2.24, 2.45) is 0 Å². The van der Waals surface area contributed by atoms with E-state index in [9.17, 15) is 4.79 Å². The van der Waals surface area contributed by atoms with Crippen molar-refractivity contribution in [1.82, 2.24) is 0 Å². The van der Waals surface area contributed by atoms with Gasteiger partial charge in [0.25, 0.3) is 0 Å². The lowest BCUT2D eigenvalue weighted by molar-refractivity contribution is -0.113. The molecule has 0 saturated heterocycles. The molecule has 2 aromatic carbocycles. The lowest BCUT2D eigenvalue weighted by Crippen LogP contribution is -2.18. The molecule has 18 heavy (non-hydrogen) atoms.